The number of hydrogen-bond acceptors (Lipinski definition) is 4. The fourth-order valence-corrected chi connectivity index (χ4v) is 3.98. The maximum absolute atomic E-state index is 12.1. The number of carbonyl (C=O) groups excluding carboxylic acids is 1. The smallest absolute Gasteiger partial charge is 0.407 e. The molecule has 0 bridgehead atoms. The molecule has 0 spiro atoms. The molecule has 0 saturated heterocycles. The maximum atomic E-state index is 12.1. The molecule has 0 heterocycles. The molecule has 0 aliphatic heterocycles. The van der Waals surface area contributed by atoms with Crippen LogP contribution in [-0.4, -0.2) is 42.0 Å². The van der Waals surface area contributed by atoms with Crippen LogP contribution in [0.1, 0.15) is 24.0 Å². The van der Waals surface area contributed by atoms with Gasteiger partial charge in [-0.1, -0.05) is 48.5 Å². The Kier molecular flexibility index (Phi) is 5.66. The van der Waals surface area contributed by atoms with E-state index in [9.17, 15) is 9.90 Å². The van der Waals surface area contributed by atoms with Crippen LogP contribution in [0.3, 0.4) is 0 Å². The van der Waals surface area contributed by atoms with Crippen molar-refractivity contribution in [3.8, 4) is 11.1 Å². The van der Waals surface area contributed by atoms with Crippen LogP contribution in [0.15, 0.2) is 48.5 Å². The van der Waals surface area contributed by atoms with Crippen LogP contribution in [0.5, 0.6) is 0 Å². The quantitative estimate of drug-likeness (QED) is 0.829. The molecular formula is C20H23NO3S. The van der Waals surface area contributed by atoms with Gasteiger partial charge in [-0.3, -0.25) is 0 Å². The van der Waals surface area contributed by atoms with E-state index in [2.05, 4.69) is 29.6 Å². The van der Waals surface area contributed by atoms with Crippen LogP contribution >= 0.6 is 11.8 Å². The lowest BCUT2D eigenvalue weighted by Gasteiger charge is -2.21. The summed E-state index contributed by atoms with van der Waals surface area (Å²) in [6, 6.07) is 16.4. The average molecular weight is 357 g/mol. The summed E-state index contributed by atoms with van der Waals surface area (Å²) >= 11 is 1.52. The zero-order valence-corrected chi connectivity index (χ0v) is 15.3. The minimum absolute atomic E-state index is 0.0198. The second kappa shape index (κ2) is 7.93. The highest BCUT2D eigenvalue weighted by atomic mass is 32.2. The number of nitrogens with one attached hydrogen (secondary N) is 1. The number of fused-ring (bicyclic) bond motifs is 3. The first-order chi connectivity index (χ1) is 12.2. The molecule has 0 fully saturated rings. The van der Waals surface area contributed by atoms with Crippen LogP contribution in [0, 0.1) is 0 Å². The van der Waals surface area contributed by atoms with E-state index in [0.717, 1.165) is 0 Å². The van der Waals surface area contributed by atoms with E-state index in [4.69, 9.17) is 4.74 Å². The molecule has 1 aliphatic rings. The SMILES string of the molecule is CSC(CO)C(C)NC(=O)OCC1c2ccccc2-c2ccccc21. The van der Waals surface area contributed by atoms with Gasteiger partial charge in [0.25, 0.3) is 0 Å². The number of aliphatic hydroxyl groups is 1. The second-order valence-electron chi connectivity index (χ2n) is 6.22. The van der Waals surface area contributed by atoms with Crippen LogP contribution in [0.25, 0.3) is 11.1 Å². The van der Waals surface area contributed by atoms with E-state index in [1.165, 1.54) is 34.0 Å². The van der Waals surface area contributed by atoms with Crippen LogP contribution < -0.4 is 5.32 Å². The second-order valence-corrected chi connectivity index (χ2v) is 7.29. The van der Waals surface area contributed by atoms with E-state index in [1.54, 1.807) is 0 Å². The number of amides is 1. The normalized spacial score (nSPS) is 15.2. The van der Waals surface area contributed by atoms with E-state index in [0.29, 0.717) is 6.61 Å². The van der Waals surface area contributed by atoms with Crippen molar-refractivity contribution >= 4 is 17.9 Å². The van der Waals surface area contributed by atoms with Gasteiger partial charge in [-0.25, -0.2) is 4.79 Å². The van der Waals surface area contributed by atoms with Crippen molar-refractivity contribution in [3.05, 3.63) is 59.7 Å². The van der Waals surface area contributed by atoms with Crippen molar-refractivity contribution in [2.24, 2.45) is 0 Å². The molecule has 5 heteroatoms. The zero-order chi connectivity index (χ0) is 17.8. The summed E-state index contributed by atoms with van der Waals surface area (Å²) in [5.41, 5.74) is 4.82. The average Bonchev–Trinajstić information content (AvgIpc) is 2.95. The molecule has 3 rings (SSSR count). The molecule has 2 atom stereocenters. The van der Waals surface area contributed by atoms with E-state index >= 15 is 0 Å². The first kappa shape index (κ1) is 17.8. The Hall–Kier alpha value is -1.98. The lowest BCUT2D eigenvalue weighted by atomic mass is 9.98. The molecular weight excluding hydrogens is 334 g/mol. The Morgan fingerprint density at radius 3 is 2.24 bits per heavy atom. The Morgan fingerprint density at radius 1 is 1.16 bits per heavy atom. The predicted octanol–water partition coefficient (Wildman–Crippen LogP) is 3.64. The van der Waals surface area contributed by atoms with Gasteiger partial charge in [-0.05, 0) is 35.4 Å². The first-order valence-corrected chi connectivity index (χ1v) is 9.69. The monoisotopic (exact) mass is 357 g/mol. The van der Waals surface area contributed by atoms with Crippen LogP contribution in [0.4, 0.5) is 4.79 Å². The molecule has 25 heavy (non-hydrogen) atoms. The van der Waals surface area contributed by atoms with Gasteiger partial charge in [0.15, 0.2) is 0 Å². The van der Waals surface area contributed by atoms with Gasteiger partial charge >= 0.3 is 6.09 Å². The van der Waals surface area contributed by atoms with Gasteiger partial charge < -0.3 is 15.2 Å². The lowest BCUT2D eigenvalue weighted by molar-refractivity contribution is 0.138. The number of ether oxygens (including phenoxy) is 1. The van der Waals surface area contributed by atoms with Crippen molar-refractivity contribution < 1.29 is 14.6 Å². The topological polar surface area (TPSA) is 58.6 Å². The fraction of sp³-hybridized carbons (Fsp3) is 0.350. The Labute approximate surface area is 152 Å². The zero-order valence-electron chi connectivity index (χ0n) is 14.4. The molecule has 4 nitrogen and oxygen atoms in total. The minimum atomic E-state index is -0.443. The summed E-state index contributed by atoms with van der Waals surface area (Å²) in [7, 11) is 0. The van der Waals surface area contributed by atoms with Gasteiger partial charge in [0.2, 0.25) is 0 Å². The Balaban J connectivity index is 1.68. The number of hydrogen-bond donors (Lipinski definition) is 2. The fourth-order valence-electron chi connectivity index (χ4n) is 3.36. The molecule has 2 N–H and O–H groups in total. The standard InChI is InChI=1S/C20H23NO3S/c1-13(19(11-22)25-2)21-20(23)24-12-18-16-9-5-3-7-14(16)15-8-4-6-10-17(15)18/h3-10,13,18-19,22H,11-12H2,1-2H3,(H,21,23). The number of carbonyl (C=O) groups is 1. The van der Waals surface area contributed by atoms with Crippen LogP contribution in [0.2, 0.25) is 0 Å². The maximum Gasteiger partial charge on any atom is 0.407 e. The molecule has 0 aromatic heterocycles. The largest absolute Gasteiger partial charge is 0.449 e. The van der Waals surface area contributed by atoms with Crippen molar-refractivity contribution in [3.63, 3.8) is 0 Å². The van der Waals surface area contributed by atoms with E-state index < -0.39 is 6.09 Å². The number of alkyl carbamates (subject to hydrolysis) is 1. The molecule has 0 saturated carbocycles. The summed E-state index contributed by atoms with van der Waals surface area (Å²) in [5, 5.41) is 12.1. The first-order valence-electron chi connectivity index (χ1n) is 8.41. The molecule has 2 aromatic carbocycles. The van der Waals surface area contributed by atoms with Crippen molar-refractivity contribution in [1.82, 2.24) is 5.32 Å². The van der Waals surface area contributed by atoms with Gasteiger partial charge in [0, 0.05) is 17.2 Å². The van der Waals surface area contributed by atoms with Crippen LogP contribution in [-0.2, 0) is 4.74 Å². The molecule has 1 aliphatic carbocycles. The van der Waals surface area contributed by atoms with Crippen molar-refractivity contribution in [2.45, 2.75) is 24.1 Å². The molecule has 132 valence electrons. The highest BCUT2D eigenvalue weighted by molar-refractivity contribution is 7.99. The number of rotatable bonds is 6. The lowest BCUT2D eigenvalue weighted by Crippen LogP contribution is -2.41. The molecule has 1 amide bonds. The number of benzene rings is 2. The van der Waals surface area contributed by atoms with Gasteiger partial charge in [-0.2, -0.15) is 11.8 Å². The van der Waals surface area contributed by atoms with Gasteiger partial charge in [0.05, 0.1) is 6.61 Å². The number of thioether (sulfide) groups is 1. The molecule has 2 aromatic rings. The minimum Gasteiger partial charge on any atom is -0.449 e. The summed E-state index contributed by atoms with van der Waals surface area (Å²) < 4.78 is 5.51. The Morgan fingerprint density at radius 2 is 1.72 bits per heavy atom. The Bertz CT molecular complexity index is 700. The summed E-state index contributed by atoms with van der Waals surface area (Å²) in [6.07, 6.45) is 1.47. The molecule has 2 unspecified atom stereocenters. The number of aliphatic hydroxyl groups excluding tert-OH is 1. The van der Waals surface area contributed by atoms with Crippen molar-refractivity contribution in [2.75, 3.05) is 19.5 Å². The van der Waals surface area contributed by atoms with Crippen molar-refractivity contribution in [1.29, 1.82) is 0 Å². The highest BCUT2D eigenvalue weighted by Gasteiger charge is 2.29. The summed E-state index contributed by atoms with van der Waals surface area (Å²) in [6.45, 7) is 2.19. The van der Waals surface area contributed by atoms with Gasteiger partial charge in [-0.15, -0.1) is 0 Å². The predicted molar refractivity (Wildman–Crippen MR) is 102 cm³/mol. The third-order valence-electron chi connectivity index (χ3n) is 4.73. The third-order valence-corrected chi connectivity index (χ3v) is 5.89. The summed E-state index contributed by atoms with van der Waals surface area (Å²) in [4.78, 5) is 12.1. The van der Waals surface area contributed by atoms with E-state index in [-0.39, 0.29) is 23.8 Å². The summed E-state index contributed by atoms with van der Waals surface area (Å²) in [5.74, 6) is 0.0580. The molecule has 0 radical (unpaired) electrons. The third kappa shape index (κ3) is 3.67. The highest BCUT2D eigenvalue weighted by Crippen LogP contribution is 2.44. The van der Waals surface area contributed by atoms with Gasteiger partial charge in [0.1, 0.15) is 6.61 Å². The van der Waals surface area contributed by atoms with E-state index in [1.807, 2.05) is 37.4 Å².